The molecule has 1 heterocycles. The molecule has 0 aliphatic carbocycles. The lowest BCUT2D eigenvalue weighted by atomic mass is 9.86. The van der Waals surface area contributed by atoms with Crippen LogP contribution >= 0.6 is 0 Å². The second-order valence-corrected chi connectivity index (χ2v) is 6.97. The van der Waals surface area contributed by atoms with Crippen molar-refractivity contribution in [2.75, 3.05) is 39.6 Å². The standard InChI is InChI=1S/C22H28N2O4/c1-5-28-21(25)13-24-9-8-15-11-19(26-3)20(27-4)12-16(15)22(24)17-10-14(2)6-7-18(17)23/h6-7,10-12,22H,5,8-9,13,23H2,1-4H3. The van der Waals surface area contributed by atoms with Gasteiger partial charge in [-0.15, -0.1) is 0 Å². The highest BCUT2D eigenvalue weighted by molar-refractivity contribution is 5.72. The Morgan fingerprint density at radius 2 is 1.86 bits per heavy atom. The molecule has 1 aliphatic heterocycles. The van der Waals surface area contributed by atoms with Crippen molar-refractivity contribution in [3.05, 3.63) is 52.6 Å². The highest BCUT2D eigenvalue weighted by Gasteiger charge is 2.33. The van der Waals surface area contributed by atoms with E-state index in [4.69, 9.17) is 19.9 Å². The molecule has 28 heavy (non-hydrogen) atoms. The van der Waals surface area contributed by atoms with Gasteiger partial charge in [0.1, 0.15) is 0 Å². The third kappa shape index (κ3) is 3.92. The Bertz CT molecular complexity index is 866. The number of aryl methyl sites for hydroxylation is 1. The lowest BCUT2D eigenvalue weighted by molar-refractivity contribution is -0.145. The van der Waals surface area contributed by atoms with Gasteiger partial charge in [-0.25, -0.2) is 0 Å². The lowest BCUT2D eigenvalue weighted by Crippen LogP contribution is -2.40. The number of benzene rings is 2. The molecule has 0 aromatic heterocycles. The van der Waals surface area contributed by atoms with Gasteiger partial charge in [-0.3, -0.25) is 9.69 Å². The molecule has 2 aromatic rings. The fourth-order valence-corrected chi connectivity index (χ4v) is 3.84. The van der Waals surface area contributed by atoms with Crippen molar-refractivity contribution in [2.24, 2.45) is 0 Å². The minimum absolute atomic E-state index is 0.159. The van der Waals surface area contributed by atoms with Gasteiger partial charge >= 0.3 is 5.97 Å². The van der Waals surface area contributed by atoms with Gasteiger partial charge in [0.25, 0.3) is 0 Å². The van der Waals surface area contributed by atoms with Gasteiger partial charge in [-0.05, 0) is 55.2 Å². The first kappa shape index (κ1) is 20.0. The van der Waals surface area contributed by atoms with E-state index >= 15 is 0 Å². The zero-order valence-corrected chi connectivity index (χ0v) is 17.0. The van der Waals surface area contributed by atoms with E-state index in [1.54, 1.807) is 14.2 Å². The summed E-state index contributed by atoms with van der Waals surface area (Å²) < 4.78 is 16.2. The van der Waals surface area contributed by atoms with Crippen molar-refractivity contribution in [3.63, 3.8) is 0 Å². The van der Waals surface area contributed by atoms with Crippen molar-refractivity contribution >= 4 is 11.7 Å². The van der Waals surface area contributed by atoms with Gasteiger partial charge in [0.15, 0.2) is 11.5 Å². The van der Waals surface area contributed by atoms with Crippen LogP contribution in [0.5, 0.6) is 11.5 Å². The smallest absolute Gasteiger partial charge is 0.320 e. The van der Waals surface area contributed by atoms with Crippen molar-refractivity contribution in [2.45, 2.75) is 26.3 Å². The number of fused-ring (bicyclic) bond motifs is 1. The van der Waals surface area contributed by atoms with Crippen molar-refractivity contribution in [3.8, 4) is 11.5 Å². The summed E-state index contributed by atoms with van der Waals surface area (Å²) in [7, 11) is 3.26. The van der Waals surface area contributed by atoms with E-state index < -0.39 is 0 Å². The Labute approximate surface area is 166 Å². The highest BCUT2D eigenvalue weighted by Crippen LogP contribution is 2.42. The van der Waals surface area contributed by atoms with Crippen LogP contribution in [0.4, 0.5) is 5.69 Å². The third-order valence-corrected chi connectivity index (χ3v) is 5.15. The van der Waals surface area contributed by atoms with Crippen LogP contribution in [0.25, 0.3) is 0 Å². The fraction of sp³-hybridized carbons (Fsp3) is 0.409. The molecule has 150 valence electrons. The number of nitrogens with two attached hydrogens (primary N) is 1. The minimum Gasteiger partial charge on any atom is -0.493 e. The third-order valence-electron chi connectivity index (χ3n) is 5.15. The number of methoxy groups -OCH3 is 2. The van der Waals surface area contributed by atoms with E-state index in [0.717, 1.165) is 29.7 Å². The molecule has 1 aliphatic rings. The number of carbonyl (C=O) groups is 1. The molecule has 6 heteroatoms. The van der Waals surface area contributed by atoms with Crippen LogP contribution < -0.4 is 15.2 Å². The number of ether oxygens (including phenoxy) is 3. The van der Waals surface area contributed by atoms with Gasteiger partial charge in [0, 0.05) is 12.2 Å². The maximum atomic E-state index is 12.2. The van der Waals surface area contributed by atoms with E-state index in [9.17, 15) is 4.79 Å². The van der Waals surface area contributed by atoms with Crippen LogP contribution in [0, 0.1) is 6.92 Å². The van der Waals surface area contributed by atoms with Gasteiger partial charge < -0.3 is 19.9 Å². The van der Waals surface area contributed by atoms with Crippen LogP contribution in [0.1, 0.15) is 35.2 Å². The maximum absolute atomic E-state index is 12.2. The summed E-state index contributed by atoms with van der Waals surface area (Å²) in [5.41, 5.74) is 11.4. The molecule has 0 radical (unpaired) electrons. The molecule has 3 rings (SSSR count). The molecule has 1 unspecified atom stereocenters. The SMILES string of the molecule is CCOC(=O)CN1CCc2cc(OC)c(OC)cc2C1c1cc(C)ccc1N. The monoisotopic (exact) mass is 384 g/mol. The number of anilines is 1. The van der Waals surface area contributed by atoms with Crippen molar-refractivity contribution in [1.29, 1.82) is 0 Å². The molecule has 2 aromatic carbocycles. The average molecular weight is 384 g/mol. The predicted octanol–water partition coefficient (Wildman–Crippen LogP) is 3.11. The first-order valence-electron chi connectivity index (χ1n) is 9.49. The predicted molar refractivity (Wildman–Crippen MR) is 109 cm³/mol. The molecule has 0 fully saturated rings. The highest BCUT2D eigenvalue weighted by atomic mass is 16.5. The molecule has 0 spiro atoms. The summed E-state index contributed by atoms with van der Waals surface area (Å²) in [5, 5.41) is 0. The van der Waals surface area contributed by atoms with Crippen LogP contribution in [0.2, 0.25) is 0 Å². The molecule has 2 N–H and O–H groups in total. The summed E-state index contributed by atoms with van der Waals surface area (Å²) in [6.45, 7) is 5.15. The number of nitrogens with zero attached hydrogens (tertiary/aromatic N) is 1. The number of hydrogen-bond acceptors (Lipinski definition) is 6. The second kappa shape index (κ2) is 8.52. The summed E-state index contributed by atoms with van der Waals surface area (Å²) in [5.74, 6) is 1.13. The Morgan fingerprint density at radius 1 is 1.14 bits per heavy atom. The van der Waals surface area contributed by atoms with E-state index in [2.05, 4.69) is 11.0 Å². The van der Waals surface area contributed by atoms with E-state index in [-0.39, 0.29) is 18.6 Å². The van der Waals surface area contributed by atoms with E-state index in [1.165, 1.54) is 5.56 Å². The Kier molecular flexibility index (Phi) is 6.09. The number of hydrogen-bond donors (Lipinski definition) is 1. The van der Waals surface area contributed by atoms with Gasteiger partial charge in [0.2, 0.25) is 0 Å². The molecule has 0 bridgehead atoms. The van der Waals surface area contributed by atoms with Gasteiger partial charge in [-0.2, -0.15) is 0 Å². The van der Waals surface area contributed by atoms with Crippen molar-refractivity contribution in [1.82, 2.24) is 4.90 Å². The van der Waals surface area contributed by atoms with Crippen LogP contribution in [-0.2, 0) is 16.0 Å². The maximum Gasteiger partial charge on any atom is 0.320 e. The van der Waals surface area contributed by atoms with Crippen LogP contribution in [0.3, 0.4) is 0 Å². The summed E-state index contributed by atoms with van der Waals surface area (Å²) in [6.07, 6.45) is 0.803. The number of esters is 1. The quantitative estimate of drug-likeness (QED) is 0.609. The molecule has 0 saturated heterocycles. The molecule has 0 saturated carbocycles. The zero-order chi connectivity index (χ0) is 20.3. The second-order valence-electron chi connectivity index (χ2n) is 6.97. The average Bonchev–Trinajstić information content (AvgIpc) is 2.69. The molecule has 0 amide bonds. The first-order chi connectivity index (χ1) is 13.5. The minimum atomic E-state index is -0.234. The molecular formula is C22H28N2O4. The zero-order valence-electron chi connectivity index (χ0n) is 17.0. The molecular weight excluding hydrogens is 356 g/mol. The topological polar surface area (TPSA) is 74.0 Å². The number of nitrogen functional groups attached to an aromatic ring is 1. The Morgan fingerprint density at radius 3 is 2.54 bits per heavy atom. The van der Waals surface area contributed by atoms with Crippen LogP contribution in [-0.4, -0.2) is 44.8 Å². The Balaban J connectivity index is 2.13. The van der Waals surface area contributed by atoms with E-state index in [0.29, 0.717) is 23.8 Å². The molecule has 1 atom stereocenters. The van der Waals surface area contributed by atoms with Gasteiger partial charge in [0.05, 0.1) is 33.4 Å². The van der Waals surface area contributed by atoms with Crippen LogP contribution in [0.15, 0.2) is 30.3 Å². The number of rotatable bonds is 6. The summed E-state index contributed by atoms with van der Waals surface area (Å²) in [6, 6.07) is 9.86. The first-order valence-corrected chi connectivity index (χ1v) is 9.49. The fourth-order valence-electron chi connectivity index (χ4n) is 3.84. The molecule has 6 nitrogen and oxygen atoms in total. The Hall–Kier alpha value is -2.73. The van der Waals surface area contributed by atoms with E-state index in [1.807, 2.05) is 38.1 Å². The van der Waals surface area contributed by atoms with Crippen molar-refractivity contribution < 1.29 is 19.0 Å². The largest absolute Gasteiger partial charge is 0.493 e. The lowest BCUT2D eigenvalue weighted by Gasteiger charge is -2.38. The summed E-state index contributed by atoms with van der Waals surface area (Å²) in [4.78, 5) is 14.4. The number of carbonyl (C=O) groups excluding carboxylic acids is 1. The summed E-state index contributed by atoms with van der Waals surface area (Å²) >= 11 is 0. The normalized spacial score (nSPS) is 16.4. The van der Waals surface area contributed by atoms with Gasteiger partial charge in [-0.1, -0.05) is 17.7 Å².